The summed E-state index contributed by atoms with van der Waals surface area (Å²) in [5, 5.41) is 11.3. The van der Waals surface area contributed by atoms with Crippen LogP contribution >= 0.6 is 0 Å². The van der Waals surface area contributed by atoms with Gasteiger partial charge < -0.3 is 10.2 Å². The zero-order chi connectivity index (χ0) is 21.4. The Hall–Kier alpha value is -2.40. The van der Waals surface area contributed by atoms with Gasteiger partial charge in [0.2, 0.25) is 11.8 Å². The summed E-state index contributed by atoms with van der Waals surface area (Å²) in [6, 6.07) is 10.3. The van der Waals surface area contributed by atoms with E-state index in [2.05, 4.69) is 11.4 Å². The van der Waals surface area contributed by atoms with Gasteiger partial charge in [-0.25, -0.2) is 8.42 Å². The van der Waals surface area contributed by atoms with Crippen molar-refractivity contribution in [3.8, 4) is 6.07 Å². The van der Waals surface area contributed by atoms with Crippen LogP contribution in [-0.2, 0) is 19.4 Å². The van der Waals surface area contributed by atoms with Crippen molar-refractivity contribution in [1.82, 2.24) is 10.2 Å². The van der Waals surface area contributed by atoms with E-state index in [0.29, 0.717) is 25.9 Å². The van der Waals surface area contributed by atoms with Gasteiger partial charge in [0.05, 0.1) is 28.1 Å². The second-order valence-electron chi connectivity index (χ2n) is 8.73. The molecule has 3 aliphatic rings. The Morgan fingerprint density at radius 1 is 1.03 bits per heavy atom. The summed E-state index contributed by atoms with van der Waals surface area (Å²) in [4.78, 5) is 28.3. The number of amides is 2. The number of rotatable bonds is 5. The van der Waals surface area contributed by atoms with E-state index in [-0.39, 0.29) is 29.6 Å². The molecule has 3 fully saturated rings. The molecule has 0 unspecified atom stereocenters. The predicted molar refractivity (Wildman–Crippen MR) is 110 cm³/mol. The highest BCUT2D eigenvalue weighted by Crippen LogP contribution is 2.41. The van der Waals surface area contributed by atoms with Crippen LogP contribution in [-0.4, -0.2) is 49.0 Å². The van der Waals surface area contributed by atoms with E-state index in [0.717, 1.165) is 19.3 Å². The van der Waals surface area contributed by atoms with Gasteiger partial charge in [0.15, 0.2) is 9.84 Å². The zero-order valence-electron chi connectivity index (χ0n) is 16.9. The number of hydrogen-bond donors (Lipinski definition) is 1. The zero-order valence-corrected chi connectivity index (χ0v) is 17.7. The third-order valence-corrected chi connectivity index (χ3v) is 8.87. The largest absolute Gasteiger partial charge is 0.342 e. The fraction of sp³-hybridized carbons (Fsp3) is 0.591. The van der Waals surface area contributed by atoms with Gasteiger partial charge >= 0.3 is 0 Å². The van der Waals surface area contributed by atoms with Crippen LogP contribution in [0.1, 0.15) is 44.9 Å². The van der Waals surface area contributed by atoms with Gasteiger partial charge in [-0.05, 0) is 57.1 Å². The standard InChI is InChI=1S/C22H27N3O4S/c23-15-22(9-10-22)24-20(26)18-13-17(30(28,29)16-7-3-1-4-8-16)14-19(18)21(27)25-11-5-2-6-12-25/h1,3-4,7-8,17-19H,2,5-6,9-14H2,(H,24,26)/t17-,18-,19-/m1/s1. The second-order valence-corrected chi connectivity index (χ2v) is 11.0. The van der Waals surface area contributed by atoms with E-state index >= 15 is 0 Å². The lowest BCUT2D eigenvalue weighted by Gasteiger charge is -2.31. The molecular weight excluding hydrogens is 402 g/mol. The average Bonchev–Trinajstić information content (AvgIpc) is 3.39. The molecule has 160 valence electrons. The molecule has 1 aromatic carbocycles. The number of carbonyl (C=O) groups is 2. The lowest BCUT2D eigenvalue weighted by atomic mass is 9.92. The quantitative estimate of drug-likeness (QED) is 0.771. The Bertz CT molecular complexity index is 960. The molecule has 1 heterocycles. The highest BCUT2D eigenvalue weighted by molar-refractivity contribution is 7.92. The van der Waals surface area contributed by atoms with Crippen LogP contribution in [0.3, 0.4) is 0 Å². The minimum atomic E-state index is -3.65. The molecule has 2 aliphatic carbocycles. The van der Waals surface area contributed by atoms with E-state index in [1.54, 1.807) is 35.2 Å². The lowest BCUT2D eigenvalue weighted by Crippen LogP contribution is -2.46. The maximum Gasteiger partial charge on any atom is 0.226 e. The topological polar surface area (TPSA) is 107 Å². The summed E-state index contributed by atoms with van der Waals surface area (Å²) in [5.41, 5.74) is -0.841. The first-order valence-electron chi connectivity index (χ1n) is 10.7. The number of piperidine rings is 1. The minimum Gasteiger partial charge on any atom is -0.342 e. The normalized spacial score (nSPS) is 27.8. The van der Waals surface area contributed by atoms with E-state index in [4.69, 9.17) is 0 Å². The Labute approximate surface area is 177 Å². The summed E-state index contributed by atoms with van der Waals surface area (Å²) >= 11 is 0. The first-order valence-corrected chi connectivity index (χ1v) is 12.2. The molecule has 30 heavy (non-hydrogen) atoms. The van der Waals surface area contributed by atoms with Crippen LogP contribution in [0.25, 0.3) is 0 Å². The Kier molecular flexibility index (Phi) is 5.58. The number of carbonyl (C=O) groups excluding carboxylic acids is 2. The van der Waals surface area contributed by atoms with E-state index in [1.165, 1.54) is 0 Å². The van der Waals surface area contributed by atoms with E-state index < -0.39 is 32.5 Å². The molecule has 4 rings (SSSR count). The van der Waals surface area contributed by atoms with Gasteiger partial charge in [-0.2, -0.15) is 5.26 Å². The van der Waals surface area contributed by atoms with Crippen molar-refractivity contribution in [3.63, 3.8) is 0 Å². The number of nitrogens with one attached hydrogen (secondary N) is 1. The van der Waals surface area contributed by atoms with E-state index in [9.17, 15) is 23.3 Å². The summed E-state index contributed by atoms with van der Waals surface area (Å²) in [5.74, 6) is -1.88. The van der Waals surface area contributed by atoms with Crippen molar-refractivity contribution in [2.24, 2.45) is 11.8 Å². The molecule has 0 aromatic heterocycles. The van der Waals surface area contributed by atoms with Gasteiger partial charge in [0.1, 0.15) is 5.54 Å². The van der Waals surface area contributed by atoms with Crippen LogP contribution in [0.4, 0.5) is 0 Å². The maximum atomic E-state index is 13.3. The molecular formula is C22H27N3O4S. The van der Waals surface area contributed by atoms with Gasteiger partial charge in [-0.15, -0.1) is 0 Å². The average molecular weight is 430 g/mol. The molecule has 2 saturated carbocycles. The van der Waals surface area contributed by atoms with Gasteiger partial charge in [0.25, 0.3) is 0 Å². The summed E-state index contributed by atoms with van der Waals surface area (Å²) in [7, 11) is -3.65. The maximum absolute atomic E-state index is 13.3. The molecule has 3 atom stereocenters. The van der Waals surface area contributed by atoms with Crippen LogP contribution in [0.5, 0.6) is 0 Å². The van der Waals surface area contributed by atoms with Crippen molar-refractivity contribution in [1.29, 1.82) is 5.26 Å². The van der Waals surface area contributed by atoms with Crippen molar-refractivity contribution < 1.29 is 18.0 Å². The van der Waals surface area contributed by atoms with Gasteiger partial charge in [-0.1, -0.05) is 18.2 Å². The molecule has 0 spiro atoms. The number of nitriles is 1. The number of nitrogens with zero attached hydrogens (tertiary/aromatic N) is 2. The molecule has 1 aromatic rings. The number of sulfone groups is 1. The van der Waals surface area contributed by atoms with Crippen molar-refractivity contribution in [3.05, 3.63) is 30.3 Å². The highest BCUT2D eigenvalue weighted by Gasteiger charge is 2.52. The van der Waals surface area contributed by atoms with Crippen molar-refractivity contribution >= 4 is 21.7 Å². The smallest absolute Gasteiger partial charge is 0.226 e. The Balaban J connectivity index is 1.59. The fourth-order valence-electron chi connectivity index (χ4n) is 4.68. The molecule has 0 bridgehead atoms. The number of hydrogen-bond acceptors (Lipinski definition) is 5. The fourth-order valence-corrected chi connectivity index (χ4v) is 6.52. The van der Waals surface area contributed by atoms with Crippen LogP contribution in [0, 0.1) is 23.2 Å². The lowest BCUT2D eigenvalue weighted by molar-refractivity contribution is -0.141. The highest BCUT2D eigenvalue weighted by atomic mass is 32.2. The van der Waals surface area contributed by atoms with Crippen LogP contribution in [0.2, 0.25) is 0 Å². The molecule has 1 saturated heterocycles. The minimum absolute atomic E-state index is 0.106. The summed E-state index contributed by atoms with van der Waals surface area (Å²) in [6.45, 7) is 1.31. The van der Waals surface area contributed by atoms with Crippen LogP contribution in [0.15, 0.2) is 35.2 Å². The second kappa shape index (κ2) is 8.03. The van der Waals surface area contributed by atoms with E-state index in [1.807, 2.05) is 0 Å². The van der Waals surface area contributed by atoms with Crippen molar-refractivity contribution in [2.45, 2.75) is 60.6 Å². The first-order chi connectivity index (χ1) is 14.4. The molecule has 1 aliphatic heterocycles. The molecule has 8 heteroatoms. The first kappa shape index (κ1) is 20.9. The number of benzene rings is 1. The SMILES string of the molecule is N#CC1(NC(=O)[C@@H]2C[C@@H](S(=O)(=O)c3ccccc3)C[C@H]2C(=O)N2CCCCC2)CC1. The summed E-state index contributed by atoms with van der Waals surface area (Å²) < 4.78 is 26.4. The monoisotopic (exact) mass is 429 g/mol. The molecule has 2 amide bonds. The summed E-state index contributed by atoms with van der Waals surface area (Å²) in [6.07, 6.45) is 4.38. The third-order valence-electron chi connectivity index (χ3n) is 6.68. The Morgan fingerprint density at radius 3 is 2.27 bits per heavy atom. The van der Waals surface area contributed by atoms with Gasteiger partial charge in [-0.3, -0.25) is 9.59 Å². The Morgan fingerprint density at radius 2 is 1.67 bits per heavy atom. The predicted octanol–water partition coefficient (Wildman–Crippen LogP) is 2.04. The molecule has 0 radical (unpaired) electrons. The molecule has 1 N–H and O–H groups in total. The van der Waals surface area contributed by atoms with Gasteiger partial charge in [0, 0.05) is 13.1 Å². The van der Waals surface area contributed by atoms with Crippen molar-refractivity contribution in [2.75, 3.05) is 13.1 Å². The van der Waals surface area contributed by atoms with Crippen LogP contribution < -0.4 is 5.32 Å². The molecule has 7 nitrogen and oxygen atoms in total. The number of likely N-dealkylation sites (tertiary alicyclic amines) is 1. The third kappa shape index (κ3) is 3.95.